The van der Waals surface area contributed by atoms with Crippen molar-refractivity contribution in [3.05, 3.63) is 64.7 Å². The highest BCUT2D eigenvalue weighted by atomic mass is 19.4. The third-order valence-electron chi connectivity index (χ3n) is 7.62. The summed E-state index contributed by atoms with van der Waals surface area (Å²) in [7, 11) is 0. The number of ether oxygens (including phenoxy) is 1. The van der Waals surface area contributed by atoms with Crippen LogP contribution < -0.4 is 16.0 Å². The van der Waals surface area contributed by atoms with Gasteiger partial charge in [0, 0.05) is 49.4 Å². The Labute approximate surface area is 222 Å². The van der Waals surface area contributed by atoms with Crippen molar-refractivity contribution in [3.63, 3.8) is 0 Å². The van der Waals surface area contributed by atoms with Crippen LogP contribution >= 0.6 is 0 Å². The monoisotopic (exact) mass is 544 g/mol. The van der Waals surface area contributed by atoms with Crippen molar-refractivity contribution >= 4 is 29.4 Å². The number of halogens is 3. The Hall–Kier alpha value is -3.93. The van der Waals surface area contributed by atoms with E-state index in [0.29, 0.717) is 48.4 Å². The van der Waals surface area contributed by atoms with Gasteiger partial charge in [0.2, 0.25) is 11.8 Å². The summed E-state index contributed by atoms with van der Waals surface area (Å²) in [6.45, 7) is 0.997. The van der Waals surface area contributed by atoms with Gasteiger partial charge < -0.3 is 20.3 Å². The number of hydrogen-bond donors (Lipinski definition) is 3. The van der Waals surface area contributed by atoms with E-state index in [2.05, 4.69) is 16.0 Å². The van der Waals surface area contributed by atoms with E-state index >= 15 is 0 Å². The first-order valence-corrected chi connectivity index (χ1v) is 12.6. The first kappa shape index (κ1) is 26.7. The first-order valence-electron chi connectivity index (χ1n) is 12.6. The minimum absolute atomic E-state index is 0.107. The summed E-state index contributed by atoms with van der Waals surface area (Å²) in [5.41, 5.74) is 0.497. The molecular weight excluding hydrogens is 517 g/mol. The van der Waals surface area contributed by atoms with Crippen LogP contribution in [0.15, 0.2) is 42.5 Å². The van der Waals surface area contributed by atoms with Gasteiger partial charge in [-0.2, -0.15) is 13.2 Å². The third kappa shape index (κ3) is 5.47. The van der Waals surface area contributed by atoms with Crippen molar-refractivity contribution < 1.29 is 37.1 Å². The molecule has 0 aromatic heterocycles. The number of rotatable bonds is 5. The fraction of sp³-hybridized carbons (Fsp3) is 0.407. The highest BCUT2D eigenvalue weighted by Gasteiger charge is 2.40. The second kappa shape index (κ2) is 10.3. The zero-order chi connectivity index (χ0) is 27.8. The fourth-order valence-electron chi connectivity index (χ4n) is 5.43. The summed E-state index contributed by atoms with van der Waals surface area (Å²) in [5, 5.41) is 7.78. The number of carbonyl (C=O) groups excluding carboxylic acids is 4. The SMILES string of the molecule is O=C1CCC(N2Cc3cc(NC(=O)NCC4(c5cccc(C(F)(F)F)c5)CCOCC4)ccc3C2=O)C(=O)N1. The van der Waals surface area contributed by atoms with E-state index in [1.807, 2.05) is 0 Å². The van der Waals surface area contributed by atoms with Crippen LogP contribution in [0, 0.1) is 0 Å². The Bertz CT molecular complexity index is 1320. The number of benzene rings is 2. The molecule has 3 aliphatic heterocycles. The maximum atomic E-state index is 13.3. The molecule has 9 nitrogen and oxygen atoms in total. The Morgan fingerprint density at radius 3 is 2.59 bits per heavy atom. The van der Waals surface area contributed by atoms with Crippen molar-refractivity contribution in [2.45, 2.75) is 49.9 Å². The number of amides is 5. The van der Waals surface area contributed by atoms with Gasteiger partial charge in [-0.25, -0.2) is 4.79 Å². The lowest BCUT2D eigenvalue weighted by molar-refractivity contribution is -0.138. The van der Waals surface area contributed by atoms with E-state index in [9.17, 15) is 32.3 Å². The minimum Gasteiger partial charge on any atom is -0.381 e. The van der Waals surface area contributed by atoms with Crippen LogP contribution in [-0.4, -0.2) is 54.5 Å². The van der Waals surface area contributed by atoms with Crippen molar-refractivity contribution in [1.82, 2.24) is 15.5 Å². The Kier molecular flexibility index (Phi) is 7.06. The maximum Gasteiger partial charge on any atom is 0.416 e. The Balaban J connectivity index is 1.26. The van der Waals surface area contributed by atoms with Gasteiger partial charge in [0.25, 0.3) is 5.91 Å². The van der Waals surface area contributed by atoms with Gasteiger partial charge in [-0.1, -0.05) is 18.2 Å². The third-order valence-corrected chi connectivity index (χ3v) is 7.62. The molecule has 1 atom stereocenters. The number of carbonyl (C=O) groups is 4. The molecule has 2 saturated heterocycles. The molecule has 3 heterocycles. The lowest BCUT2D eigenvalue weighted by Gasteiger charge is -2.38. The minimum atomic E-state index is -4.48. The molecule has 12 heteroatoms. The second-order valence-electron chi connectivity index (χ2n) is 10.1. The van der Waals surface area contributed by atoms with Gasteiger partial charge in [0.15, 0.2) is 0 Å². The lowest BCUT2D eigenvalue weighted by Crippen LogP contribution is -2.52. The van der Waals surface area contributed by atoms with E-state index < -0.39 is 35.1 Å². The van der Waals surface area contributed by atoms with Gasteiger partial charge in [0.05, 0.1) is 5.56 Å². The molecule has 2 aromatic carbocycles. The van der Waals surface area contributed by atoms with Crippen molar-refractivity contribution in [1.29, 1.82) is 0 Å². The number of fused-ring (bicyclic) bond motifs is 1. The first-order chi connectivity index (χ1) is 18.6. The number of urea groups is 1. The van der Waals surface area contributed by atoms with E-state index in [0.717, 1.165) is 12.1 Å². The second-order valence-corrected chi connectivity index (χ2v) is 10.1. The number of hydrogen-bond acceptors (Lipinski definition) is 5. The molecule has 0 aliphatic carbocycles. The maximum absolute atomic E-state index is 13.3. The zero-order valence-corrected chi connectivity index (χ0v) is 20.9. The van der Waals surface area contributed by atoms with Crippen LogP contribution in [0.5, 0.6) is 0 Å². The number of anilines is 1. The molecular formula is C27H27F3N4O5. The Morgan fingerprint density at radius 2 is 1.87 bits per heavy atom. The molecule has 2 fully saturated rings. The van der Waals surface area contributed by atoms with Crippen LogP contribution in [0.3, 0.4) is 0 Å². The molecule has 5 rings (SSSR count). The highest BCUT2D eigenvalue weighted by molar-refractivity contribution is 6.05. The van der Waals surface area contributed by atoms with E-state index in [1.54, 1.807) is 24.3 Å². The van der Waals surface area contributed by atoms with Crippen LogP contribution in [-0.2, 0) is 32.5 Å². The Morgan fingerprint density at radius 1 is 1.10 bits per heavy atom. The van der Waals surface area contributed by atoms with Crippen LogP contribution in [0.2, 0.25) is 0 Å². The summed E-state index contributed by atoms with van der Waals surface area (Å²) >= 11 is 0. The highest BCUT2D eigenvalue weighted by Crippen LogP contribution is 2.38. The van der Waals surface area contributed by atoms with Crippen molar-refractivity contribution in [3.8, 4) is 0 Å². The summed E-state index contributed by atoms with van der Waals surface area (Å²) in [5.74, 6) is -1.19. The topological polar surface area (TPSA) is 117 Å². The van der Waals surface area contributed by atoms with Crippen molar-refractivity contribution in [2.75, 3.05) is 25.1 Å². The molecule has 3 N–H and O–H groups in total. The number of nitrogens with one attached hydrogen (secondary N) is 3. The predicted molar refractivity (Wildman–Crippen MR) is 133 cm³/mol. The largest absolute Gasteiger partial charge is 0.416 e. The summed E-state index contributed by atoms with van der Waals surface area (Å²) in [4.78, 5) is 50.8. The standard InChI is InChI=1S/C27H27F3N4O5/c28-27(29,30)18-3-1-2-17(13-18)26(8-10-39-11-9-26)15-31-25(38)32-19-4-5-20-16(12-19)14-34(24(20)37)21-6-7-22(35)33-23(21)36/h1-5,12-13,21H,6-11,14-15H2,(H2,31,32,38)(H,33,35,36). The van der Waals surface area contributed by atoms with E-state index in [-0.39, 0.29) is 37.7 Å². The smallest absolute Gasteiger partial charge is 0.381 e. The van der Waals surface area contributed by atoms with Gasteiger partial charge in [-0.3, -0.25) is 19.7 Å². The fourth-order valence-corrected chi connectivity index (χ4v) is 5.43. The molecule has 3 aliphatic rings. The van der Waals surface area contributed by atoms with Crippen LogP contribution in [0.25, 0.3) is 0 Å². The molecule has 0 radical (unpaired) electrons. The molecule has 0 bridgehead atoms. The quantitative estimate of drug-likeness (QED) is 0.500. The van der Waals surface area contributed by atoms with Crippen LogP contribution in [0.1, 0.15) is 52.7 Å². The normalized spacial score (nSPS) is 20.8. The van der Waals surface area contributed by atoms with Gasteiger partial charge in [-0.15, -0.1) is 0 Å². The molecule has 39 heavy (non-hydrogen) atoms. The molecule has 0 saturated carbocycles. The molecule has 5 amide bonds. The van der Waals surface area contributed by atoms with E-state index in [1.165, 1.54) is 11.0 Å². The predicted octanol–water partition coefficient (Wildman–Crippen LogP) is 3.34. The average Bonchev–Trinajstić information content (AvgIpc) is 3.23. The van der Waals surface area contributed by atoms with Gasteiger partial charge >= 0.3 is 12.2 Å². The zero-order valence-electron chi connectivity index (χ0n) is 20.9. The number of imide groups is 1. The molecule has 206 valence electrons. The number of piperidine rings is 1. The number of nitrogens with zero attached hydrogens (tertiary/aromatic N) is 1. The van der Waals surface area contributed by atoms with Gasteiger partial charge in [0.1, 0.15) is 6.04 Å². The average molecular weight is 545 g/mol. The van der Waals surface area contributed by atoms with Crippen molar-refractivity contribution in [2.24, 2.45) is 0 Å². The van der Waals surface area contributed by atoms with Crippen LogP contribution in [0.4, 0.5) is 23.7 Å². The summed E-state index contributed by atoms with van der Waals surface area (Å²) < 4.78 is 45.5. The van der Waals surface area contributed by atoms with Gasteiger partial charge in [-0.05, 0) is 54.7 Å². The molecule has 1 unspecified atom stereocenters. The summed E-state index contributed by atoms with van der Waals surface area (Å²) in [6.07, 6.45) is -3.18. The molecule has 0 spiro atoms. The number of alkyl halides is 3. The van der Waals surface area contributed by atoms with E-state index in [4.69, 9.17) is 4.74 Å². The lowest BCUT2D eigenvalue weighted by atomic mass is 9.73. The summed E-state index contributed by atoms with van der Waals surface area (Å²) in [6, 6.07) is 8.69. The molecule has 2 aromatic rings.